The second-order valence-corrected chi connectivity index (χ2v) is 9.48. The molecule has 0 saturated carbocycles. The Labute approximate surface area is 178 Å². The molecule has 0 spiro atoms. The van der Waals surface area contributed by atoms with E-state index in [0.717, 1.165) is 10.0 Å². The molecule has 0 aliphatic heterocycles. The van der Waals surface area contributed by atoms with Crippen molar-refractivity contribution in [2.75, 3.05) is 5.75 Å². The highest BCUT2D eigenvalue weighted by molar-refractivity contribution is 9.10. The van der Waals surface area contributed by atoms with Crippen LogP contribution >= 0.6 is 15.9 Å². The second-order valence-electron chi connectivity index (χ2n) is 6.50. The summed E-state index contributed by atoms with van der Waals surface area (Å²) in [6, 6.07) is 23.7. The molecular weight excluding hydrogens is 454 g/mol. The lowest BCUT2D eigenvalue weighted by Gasteiger charge is -2.09. The quantitative estimate of drug-likeness (QED) is 0.523. The number of sulfone groups is 1. The minimum Gasteiger partial charge on any atom is -0.457 e. The summed E-state index contributed by atoms with van der Waals surface area (Å²) in [6.07, 6.45) is 0. The molecule has 0 aliphatic carbocycles. The molecule has 0 atom stereocenters. The van der Waals surface area contributed by atoms with Gasteiger partial charge in [0.1, 0.15) is 17.3 Å². The second kappa shape index (κ2) is 9.71. The van der Waals surface area contributed by atoms with E-state index in [2.05, 4.69) is 21.2 Å². The van der Waals surface area contributed by atoms with E-state index in [0.29, 0.717) is 17.1 Å². The van der Waals surface area contributed by atoms with Crippen molar-refractivity contribution < 1.29 is 17.9 Å². The van der Waals surface area contributed by atoms with Gasteiger partial charge in [0.15, 0.2) is 9.84 Å². The first-order chi connectivity index (χ1) is 13.9. The van der Waals surface area contributed by atoms with E-state index in [1.807, 2.05) is 60.7 Å². The molecule has 5 nitrogen and oxygen atoms in total. The standard InChI is InChI=1S/C22H20BrNO4S/c23-19-8-4-7-18(12-19)15-29(26,27)16-22(25)24-14-17-6-5-11-21(13-17)28-20-9-2-1-3-10-20/h1-13H,14-16H2,(H,24,25). The molecule has 3 aromatic carbocycles. The van der Waals surface area contributed by atoms with E-state index in [1.54, 1.807) is 18.2 Å². The van der Waals surface area contributed by atoms with Gasteiger partial charge < -0.3 is 10.1 Å². The number of amides is 1. The Morgan fingerprint density at radius 3 is 2.31 bits per heavy atom. The average molecular weight is 474 g/mol. The van der Waals surface area contributed by atoms with E-state index in [4.69, 9.17) is 4.74 Å². The minimum atomic E-state index is -3.56. The highest BCUT2D eigenvalue weighted by Crippen LogP contribution is 2.21. The van der Waals surface area contributed by atoms with Crippen molar-refractivity contribution in [2.45, 2.75) is 12.3 Å². The summed E-state index contributed by atoms with van der Waals surface area (Å²) in [5.74, 6) is 0.0897. The number of benzene rings is 3. The Bertz CT molecular complexity index is 1080. The van der Waals surface area contributed by atoms with Crippen LogP contribution in [-0.2, 0) is 26.9 Å². The third-order valence-electron chi connectivity index (χ3n) is 3.99. The van der Waals surface area contributed by atoms with Gasteiger partial charge in [0.2, 0.25) is 5.91 Å². The molecule has 0 aliphatic rings. The topological polar surface area (TPSA) is 72.5 Å². The number of para-hydroxylation sites is 1. The fourth-order valence-electron chi connectivity index (χ4n) is 2.73. The van der Waals surface area contributed by atoms with Crippen molar-refractivity contribution in [3.63, 3.8) is 0 Å². The number of hydrogen-bond acceptors (Lipinski definition) is 4. The van der Waals surface area contributed by atoms with Crippen molar-refractivity contribution in [1.29, 1.82) is 0 Å². The van der Waals surface area contributed by atoms with Crippen LogP contribution in [0.25, 0.3) is 0 Å². The maximum atomic E-state index is 12.3. The van der Waals surface area contributed by atoms with Crippen LogP contribution in [0.3, 0.4) is 0 Å². The number of nitrogens with one attached hydrogen (secondary N) is 1. The largest absolute Gasteiger partial charge is 0.457 e. The van der Waals surface area contributed by atoms with Gasteiger partial charge in [-0.25, -0.2) is 8.42 Å². The lowest BCUT2D eigenvalue weighted by Crippen LogP contribution is -2.30. The van der Waals surface area contributed by atoms with Crippen molar-refractivity contribution >= 4 is 31.7 Å². The molecule has 1 N–H and O–H groups in total. The van der Waals surface area contributed by atoms with Gasteiger partial charge in [0.05, 0.1) is 5.75 Å². The molecule has 0 saturated heterocycles. The highest BCUT2D eigenvalue weighted by atomic mass is 79.9. The van der Waals surface area contributed by atoms with Crippen LogP contribution in [0.5, 0.6) is 11.5 Å². The van der Waals surface area contributed by atoms with Crippen molar-refractivity contribution in [3.8, 4) is 11.5 Å². The fraction of sp³-hybridized carbons (Fsp3) is 0.136. The van der Waals surface area contributed by atoms with E-state index < -0.39 is 21.5 Å². The van der Waals surface area contributed by atoms with Gasteiger partial charge in [-0.3, -0.25) is 4.79 Å². The Balaban J connectivity index is 1.54. The zero-order valence-electron chi connectivity index (χ0n) is 15.5. The Morgan fingerprint density at radius 2 is 1.55 bits per heavy atom. The first-order valence-electron chi connectivity index (χ1n) is 8.93. The zero-order chi connectivity index (χ0) is 20.7. The van der Waals surface area contributed by atoms with Crippen LogP contribution in [0.15, 0.2) is 83.3 Å². The predicted molar refractivity (Wildman–Crippen MR) is 116 cm³/mol. The molecule has 3 rings (SSSR count). The lowest BCUT2D eigenvalue weighted by molar-refractivity contribution is -0.118. The SMILES string of the molecule is O=C(CS(=O)(=O)Cc1cccc(Br)c1)NCc1cccc(Oc2ccccc2)c1. The summed E-state index contributed by atoms with van der Waals surface area (Å²) in [4.78, 5) is 12.1. The third-order valence-corrected chi connectivity index (χ3v) is 5.96. The van der Waals surface area contributed by atoms with E-state index in [-0.39, 0.29) is 12.3 Å². The average Bonchev–Trinajstić information content (AvgIpc) is 2.67. The maximum Gasteiger partial charge on any atom is 0.235 e. The predicted octanol–water partition coefficient (Wildman–Crippen LogP) is 4.47. The Hall–Kier alpha value is -2.64. The molecular formula is C22H20BrNO4S. The number of hydrogen-bond donors (Lipinski definition) is 1. The molecule has 0 unspecified atom stereocenters. The van der Waals surface area contributed by atoms with Crippen molar-refractivity contribution in [2.24, 2.45) is 0 Å². The van der Waals surface area contributed by atoms with Crippen molar-refractivity contribution in [1.82, 2.24) is 5.32 Å². The molecule has 3 aromatic rings. The zero-order valence-corrected chi connectivity index (χ0v) is 17.9. The molecule has 29 heavy (non-hydrogen) atoms. The van der Waals surface area contributed by atoms with Gasteiger partial charge in [-0.05, 0) is 47.5 Å². The molecule has 1 amide bonds. The summed E-state index contributed by atoms with van der Waals surface area (Å²) in [6.45, 7) is 0.219. The van der Waals surface area contributed by atoms with Crippen molar-refractivity contribution in [3.05, 3.63) is 94.5 Å². The first kappa shape index (κ1) is 21.1. The van der Waals surface area contributed by atoms with Gasteiger partial charge >= 0.3 is 0 Å². The smallest absolute Gasteiger partial charge is 0.235 e. The van der Waals surface area contributed by atoms with E-state index in [1.165, 1.54) is 0 Å². The number of carbonyl (C=O) groups is 1. The monoisotopic (exact) mass is 473 g/mol. The fourth-order valence-corrected chi connectivity index (χ4v) is 4.46. The van der Waals surface area contributed by atoms with Gasteiger partial charge in [0.25, 0.3) is 0 Å². The van der Waals surface area contributed by atoms with Crippen LogP contribution < -0.4 is 10.1 Å². The normalized spacial score (nSPS) is 11.1. The van der Waals surface area contributed by atoms with Gasteiger partial charge in [0, 0.05) is 11.0 Å². The first-order valence-corrected chi connectivity index (χ1v) is 11.5. The number of carbonyl (C=O) groups excluding carboxylic acids is 1. The van der Waals surface area contributed by atoms with Crippen LogP contribution in [0, 0.1) is 0 Å². The van der Waals surface area contributed by atoms with Crippen LogP contribution in [0.2, 0.25) is 0 Å². The molecule has 7 heteroatoms. The van der Waals surface area contributed by atoms with Crippen LogP contribution in [0.4, 0.5) is 0 Å². The van der Waals surface area contributed by atoms with Crippen LogP contribution in [0.1, 0.15) is 11.1 Å². The van der Waals surface area contributed by atoms with Gasteiger partial charge in [-0.2, -0.15) is 0 Å². The summed E-state index contributed by atoms with van der Waals surface area (Å²) < 4.78 is 31.2. The molecule has 0 aromatic heterocycles. The Kier molecular flexibility index (Phi) is 7.06. The molecule has 0 fully saturated rings. The highest BCUT2D eigenvalue weighted by Gasteiger charge is 2.17. The summed E-state index contributed by atoms with van der Waals surface area (Å²) in [5, 5.41) is 2.66. The summed E-state index contributed by atoms with van der Waals surface area (Å²) >= 11 is 3.31. The molecule has 0 heterocycles. The summed E-state index contributed by atoms with van der Waals surface area (Å²) in [5.41, 5.74) is 1.45. The molecule has 0 bridgehead atoms. The number of halogens is 1. The van der Waals surface area contributed by atoms with Gasteiger partial charge in [-0.15, -0.1) is 0 Å². The number of ether oxygens (including phenoxy) is 1. The molecule has 150 valence electrons. The maximum absolute atomic E-state index is 12.3. The van der Waals surface area contributed by atoms with E-state index >= 15 is 0 Å². The van der Waals surface area contributed by atoms with Crippen LogP contribution in [-0.4, -0.2) is 20.1 Å². The molecule has 0 radical (unpaired) electrons. The van der Waals surface area contributed by atoms with Gasteiger partial charge in [-0.1, -0.05) is 58.4 Å². The number of rotatable bonds is 8. The Morgan fingerprint density at radius 1 is 0.862 bits per heavy atom. The minimum absolute atomic E-state index is 0.180. The lowest BCUT2D eigenvalue weighted by atomic mass is 10.2. The third kappa shape index (κ3) is 7.03. The summed E-state index contributed by atoms with van der Waals surface area (Å²) in [7, 11) is -3.56. The van der Waals surface area contributed by atoms with E-state index in [9.17, 15) is 13.2 Å².